The predicted molar refractivity (Wildman–Crippen MR) is 146 cm³/mol. The topological polar surface area (TPSA) is 70.1 Å². The molecule has 0 bridgehead atoms. The van der Waals surface area contributed by atoms with E-state index in [0.717, 1.165) is 56.8 Å². The molecule has 0 aromatic heterocycles. The maximum absolute atomic E-state index is 13.4. The largest absolute Gasteiger partial charge is 0.367 e. The first kappa shape index (κ1) is 29.9. The van der Waals surface area contributed by atoms with E-state index >= 15 is 0 Å². The van der Waals surface area contributed by atoms with Gasteiger partial charge < -0.3 is 9.64 Å². The molecule has 1 heterocycles. The lowest BCUT2D eigenvalue weighted by atomic mass is 10.0. The zero-order valence-corrected chi connectivity index (χ0v) is 22.5. The van der Waals surface area contributed by atoms with Gasteiger partial charge >= 0.3 is 0 Å². The molecule has 0 atom stereocenters. The van der Waals surface area contributed by atoms with Gasteiger partial charge in [-0.2, -0.15) is 8.42 Å². The number of rotatable bonds is 10. The van der Waals surface area contributed by atoms with Crippen LogP contribution in [0.2, 0.25) is 0 Å². The molecule has 9 heteroatoms. The van der Waals surface area contributed by atoms with Crippen LogP contribution in [0.25, 0.3) is 0 Å². The van der Waals surface area contributed by atoms with Crippen molar-refractivity contribution in [2.24, 2.45) is 0 Å². The average molecular weight is 547 g/mol. The number of hydrogen-bond acceptors (Lipinski definition) is 5. The molecule has 1 aliphatic heterocycles. The smallest absolute Gasteiger partial charge is 0.261 e. The molecule has 0 spiro atoms. The van der Waals surface area contributed by atoms with E-state index in [-0.39, 0.29) is 17.7 Å². The summed E-state index contributed by atoms with van der Waals surface area (Å²) in [6.45, 7) is 6.77. The molecule has 3 aromatic carbocycles. The average Bonchev–Trinajstić information content (AvgIpc) is 2.89. The summed E-state index contributed by atoms with van der Waals surface area (Å²) in [7, 11) is -3.67. The van der Waals surface area contributed by atoms with Gasteiger partial charge in [-0.05, 0) is 60.3 Å². The lowest BCUT2D eigenvalue weighted by Gasteiger charge is -2.35. The summed E-state index contributed by atoms with van der Waals surface area (Å²) in [4.78, 5) is 4.97. The van der Waals surface area contributed by atoms with Crippen LogP contribution in [0, 0.1) is 11.6 Å². The summed E-state index contributed by atoms with van der Waals surface area (Å²) >= 11 is 0. The fourth-order valence-electron chi connectivity index (χ4n) is 4.35. The van der Waals surface area contributed by atoms with Gasteiger partial charge in [0.1, 0.15) is 17.7 Å². The Bertz CT molecular complexity index is 1130. The molecule has 0 aliphatic carbocycles. The second-order valence-electron chi connectivity index (χ2n) is 9.36. The highest BCUT2D eigenvalue weighted by Gasteiger charge is 2.19. The second kappa shape index (κ2) is 15.0. The molecule has 1 saturated heterocycles. The predicted octanol–water partition coefficient (Wildman–Crippen LogP) is 4.83. The van der Waals surface area contributed by atoms with Crippen molar-refractivity contribution >= 4 is 10.1 Å². The third-order valence-electron chi connectivity index (χ3n) is 6.29. The van der Waals surface area contributed by atoms with Crippen molar-refractivity contribution in [3.05, 3.63) is 107 Å². The summed E-state index contributed by atoms with van der Waals surface area (Å²) in [5.74, 6) is -0.559. The Labute approximate surface area is 224 Å². The quantitative estimate of drug-likeness (QED) is 0.368. The number of benzene rings is 3. The van der Waals surface area contributed by atoms with Crippen LogP contribution >= 0.6 is 0 Å². The van der Waals surface area contributed by atoms with Gasteiger partial charge in [0, 0.05) is 32.7 Å². The minimum atomic E-state index is -3.67. The van der Waals surface area contributed by atoms with Crippen LogP contribution in [0.3, 0.4) is 0 Å². The molecule has 6 nitrogen and oxygen atoms in total. The first-order valence-corrected chi connectivity index (χ1v) is 14.6. The Balaban J connectivity index is 0.000000732. The molecule has 4 rings (SSSR count). The summed E-state index contributed by atoms with van der Waals surface area (Å²) in [5.41, 5.74) is 3.14. The molecule has 0 unspecified atom stereocenters. The fraction of sp³-hybridized carbons (Fsp3) is 0.379. The van der Waals surface area contributed by atoms with Crippen LogP contribution in [-0.2, 0) is 21.3 Å². The van der Waals surface area contributed by atoms with Crippen LogP contribution in [0.1, 0.15) is 29.2 Å². The van der Waals surface area contributed by atoms with Crippen molar-refractivity contribution in [3.63, 3.8) is 0 Å². The summed E-state index contributed by atoms with van der Waals surface area (Å²) < 4.78 is 58.9. The van der Waals surface area contributed by atoms with Gasteiger partial charge in [-0.25, -0.2) is 8.78 Å². The number of ether oxygens (including phenoxy) is 1. The standard InChI is InChI=1S/C28H32F2N2O.CH4O3S/c29-26-12-8-24(9-13-26)28(25-10-14-27(30)15-11-25)33-22-21-32-19-17-31(18-20-32)16-4-7-23-5-2-1-3-6-23;1-5(2,3)4/h1-3,5-6,8-15,28H,4,7,16-22H2;1H3,(H,2,3,4). The molecule has 3 aromatic rings. The van der Waals surface area contributed by atoms with Crippen LogP contribution in [0.4, 0.5) is 8.78 Å². The zero-order chi connectivity index (χ0) is 27.4. The number of halogens is 2. The van der Waals surface area contributed by atoms with E-state index in [9.17, 15) is 17.2 Å². The van der Waals surface area contributed by atoms with E-state index in [4.69, 9.17) is 9.29 Å². The highest BCUT2D eigenvalue weighted by atomic mass is 32.2. The van der Waals surface area contributed by atoms with Crippen molar-refractivity contribution in [3.8, 4) is 0 Å². The van der Waals surface area contributed by atoms with Gasteiger partial charge in [-0.3, -0.25) is 9.45 Å². The molecule has 1 fully saturated rings. The third kappa shape index (κ3) is 11.4. The van der Waals surface area contributed by atoms with Crippen LogP contribution in [0.15, 0.2) is 78.9 Å². The normalized spacial score (nSPS) is 14.8. The summed E-state index contributed by atoms with van der Waals surface area (Å²) in [5, 5.41) is 0. The highest BCUT2D eigenvalue weighted by Crippen LogP contribution is 2.26. The van der Waals surface area contributed by atoms with Gasteiger partial charge in [0.05, 0.1) is 12.9 Å². The minimum absolute atomic E-state index is 0.279. The van der Waals surface area contributed by atoms with Gasteiger partial charge in [0.25, 0.3) is 10.1 Å². The van der Waals surface area contributed by atoms with Crippen molar-refractivity contribution in [1.82, 2.24) is 9.80 Å². The molecule has 1 aliphatic rings. The molecule has 1 N–H and O–H groups in total. The fourth-order valence-corrected chi connectivity index (χ4v) is 4.35. The third-order valence-corrected chi connectivity index (χ3v) is 6.29. The number of nitrogens with zero attached hydrogens (tertiary/aromatic N) is 2. The Morgan fingerprint density at radius 3 is 1.71 bits per heavy atom. The molecule has 38 heavy (non-hydrogen) atoms. The minimum Gasteiger partial charge on any atom is -0.367 e. The first-order valence-electron chi connectivity index (χ1n) is 12.7. The van der Waals surface area contributed by atoms with E-state index in [1.807, 2.05) is 0 Å². The Morgan fingerprint density at radius 2 is 1.24 bits per heavy atom. The van der Waals surface area contributed by atoms with Crippen molar-refractivity contribution in [2.45, 2.75) is 18.9 Å². The molecule has 0 amide bonds. The Morgan fingerprint density at radius 1 is 0.789 bits per heavy atom. The van der Waals surface area contributed by atoms with Crippen molar-refractivity contribution in [2.75, 3.05) is 52.1 Å². The molecule has 206 valence electrons. The van der Waals surface area contributed by atoms with Crippen LogP contribution < -0.4 is 0 Å². The van der Waals surface area contributed by atoms with Crippen molar-refractivity contribution < 1.29 is 26.5 Å². The highest BCUT2D eigenvalue weighted by molar-refractivity contribution is 7.85. The van der Waals surface area contributed by atoms with E-state index in [0.29, 0.717) is 12.9 Å². The van der Waals surface area contributed by atoms with Crippen molar-refractivity contribution in [1.29, 1.82) is 0 Å². The van der Waals surface area contributed by atoms with Gasteiger partial charge in [-0.15, -0.1) is 0 Å². The van der Waals surface area contributed by atoms with Crippen LogP contribution in [-0.4, -0.2) is 74.9 Å². The zero-order valence-electron chi connectivity index (χ0n) is 21.7. The van der Waals surface area contributed by atoms with Gasteiger partial charge in [0.15, 0.2) is 0 Å². The SMILES string of the molecule is CS(=O)(=O)O.Fc1ccc(C(OCCN2CCN(CCCc3ccccc3)CC2)c2ccc(F)cc2)cc1. The number of hydrogen-bond donors (Lipinski definition) is 1. The number of piperazine rings is 1. The van der Waals surface area contributed by atoms with E-state index in [1.165, 1.54) is 36.2 Å². The van der Waals surface area contributed by atoms with Crippen LogP contribution in [0.5, 0.6) is 0 Å². The lowest BCUT2D eigenvalue weighted by Crippen LogP contribution is -2.47. The van der Waals surface area contributed by atoms with Gasteiger partial charge in [0.2, 0.25) is 0 Å². The van der Waals surface area contributed by atoms with E-state index in [2.05, 4.69) is 40.1 Å². The first-order chi connectivity index (χ1) is 18.2. The molecular formula is C29H36F2N2O4S. The van der Waals surface area contributed by atoms with E-state index in [1.54, 1.807) is 24.3 Å². The summed E-state index contributed by atoms with van der Waals surface area (Å²) in [6, 6.07) is 23.3. The second-order valence-corrected chi connectivity index (χ2v) is 10.8. The van der Waals surface area contributed by atoms with E-state index < -0.39 is 10.1 Å². The monoisotopic (exact) mass is 546 g/mol. The lowest BCUT2D eigenvalue weighted by molar-refractivity contribution is 0.0451. The Kier molecular flexibility index (Phi) is 11.8. The molecular weight excluding hydrogens is 510 g/mol. The number of aryl methyl sites for hydroxylation is 1. The molecule has 0 saturated carbocycles. The van der Waals surface area contributed by atoms with Gasteiger partial charge in [-0.1, -0.05) is 54.6 Å². The maximum Gasteiger partial charge on any atom is 0.261 e. The Hall–Kier alpha value is -2.69. The molecule has 0 radical (unpaired) electrons. The maximum atomic E-state index is 13.4. The summed E-state index contributed by atoms with van der Waals surface area (Å²) in [6.07, 6.45) is 2.69.